The lowest BCUT2D eigenvalue weighted by molar-refractivity contribution is -0.137. The van der Waals surface area contributed by atoms with E-state index in [0.717, 1.165) is 12.1 Å². The number of fused-ring (bicyclic) bond motifs is 1. The molecule has 0 saturated heterocycles. The van der Waals surface area contributed by atoms with Crippen LogP contribution in [-0.4, -0.2) is 38.9 Å². The van der Waals surface area contributed by atoms with E-state index in [1.807, 2.05) is 6.92 Å². The number of rotatable bonds is 3. The Labute approximate surface area is 199 Å². The molecule has 0 unspecified atom stereocenters. The summed E-state index contributed by atoms with van der Waals surface area (Å²) in [4.78, 5) is 31.1. The monoisotopic (exact) mass is 487 g/mol. The van der Waals surface area contributed by atoms with Crippen molar-refractivity contribution in [2.75, 3.05) is 16.8 Å². The van der Waals surface area contributed by atoms with Crippen LogP contribution in [0.2, 0.25) is 0 Å². The quantitative estimate of drug-likeness (QED) is 0.525. The number of carbonyl (C=O) groups excluding carboxylic acids is 2. The Balaban J connectivity index is 1.64. The summed E-state index contributed by atoms with van der Waals surface area (Å²) >= 11 is 0. The van der Waals surface area contributed by atoms with E-state index in [0.29, 0.717) is 16.8 Å². The average molecular weight is 487 g/mol. The van der Waals surface area contributed by atoms with Crippen molar-refractivity contribution in [3.8, 4) is 11.1 Å². The van der Waals surface area contributed by atoms with Crippen LogP contribution in [0.25, 0.3) is 11.1 Å². The van der Waals surface area contributed by atoms with Gasteiger partial charge in [0.15, 0.2) is 0 Å². The molecule has 1 aliphatic heterocycles. The second-order valence-corrected chi connectivity index (χ2v) is 9.22. The van der Waals surface area contributed by atoms with Crippen molar-refractivity contribution in [2.45, 2.75) is 45.5 Å². The van der Waals surface area contributed by atoms with Crippen molar-refractivity contribution in [3.63, 3.8) is 0 Å². The molecule has 2 amide bonds. The van der Waals surface area contributed by atoms with Crippen LogP contribution < -0.4 is 10.2 Å². The molecule has 2 aromatic heterocycles. The highest BCUT2D eigenvalue weighted by Crippen LogP contribution is 2.35. The fourth-order valence-electron chi connectivity index (χ4n) is 3.80. The Morgan fingerprint density at radius 2 is 1.83 bits per heavy atom. The fourth-order valence-corrected chi connectivity index (χ4v) is 3.80. The number of aromatic nitrogens is 3. The van der Waals surface area contributed by atoms with Crippen LogP contribution in [0.15, 0.2) is 48.8 Å². The molecule has 35 heavy (non-hydrogen) atoms. The highest BCUT2D eigenvalue weighted by molar-refractivity contribution is 6.10. The number of amides is 2. The van der Waals surface area contributed by atoms with E-state index in [9.17, 15) is 22.8 Å². The number of hydrogen-bond acceptors (Lipinski definition) is 5. The third kappa shape index (κ3) is 5.13. The average Bonchev–Trinajstić information content (AvgIpc) is 3.21. The number of anilines is 2. The Morgan fingerprint density at radius 3 is 2.46 bits per heavy atom. The smallest absolute Gasteiger partial charge is 0.416 e. The predicted octanol–water partition coefficient (Wildman–Crippen LogP) is 5.53. The van der Waals surface area contributed by atoms with Crippen molar-refractivity contribution >= 4 is 23.5 Å². The molecule has 1 atom stereocenters. The van der Waals surface area contributed by atoms with Gasteiger partial charge < -0.3 is 9.64 Å². The Hall–Kier alpha value is -3.89. The minimum Gasteiger partial charge on any atom is -0.444 e. The highest BCUT2D eigenvalue weighted by atomic mass is 19.4. The van der Waals surface area contributed by atoms with Gasteiger partial charge in [0.05, 0.1) is 17.8 Å². The van der Waals surface area contributed by atoms with Crippen molar-refractivity contribution in [2.24, 2.45) is 0 Å². The van der Waals surface area contributed by atoms with Gasteiger partial charge in [-0.15, -0.1) is 0 Å². The molecule has 0 spiro atoms. The van der Waals surface area contributed by atoms with Crippen molar-refractivity contribution in [1.29, 1.82) is 0 Å². The highest BCUT2D eigenvalue weighted by Gasteiger charge is 2.35. The van der Waals surface area contributed by atoms with Gasteiger partial charge >= 0.3 is 12.3 Å². The van der Waals surface area contributed by atoms with Crippen LogP contribution in [0, 0.1) is 0 Å². The zero-order valence-electron chi connectivity index (χ0n) is 19.6. The van der Waals surface area contributed by atoms with E-state index in [1.165, 1.54) is 23.2 Å². The predicted molar refractivity (Wildman–Crippen MR) is 123 cm³/mol. The van der Waals surface area contributed by atoms with Gasteiger partial charge in [-0.1, -0.05) is 0 Å². The van der Waals surface area contributed by atoms with Gasteiger partial charge in [0.25, 0.3) is 5.91 Å². The molecular weight excluding hydrogens is 463 g/mol. The van der Waals surface area contributed by atoms with Crippen molar-refractivity contribution in [1.82, 2.24) is 14.8 Å². The summed E-state index contributed by atoms with van der Waals surface area (Å²) in [5.74, 6) is -0.165. The maximum absolute atomic E-state index is 13.5. The number of halogens is 3. The molecule has 184 valence electrons. The van der Waals surface area contributed by atoms with Crippen LogP contribution in [0.3, 0.4) is 0 Å². The lowest BCUT2D eigenvalue weighted by atomic mass is 10.0. The van der Waals surface area contributed by atoms with Crippen molar-refractivity contribution < 1.29 is 27.5 Å². The molecule has 0 fully saturated rings. The molecule has 1 aromatic carbocycles. The first-order valence-corrected chi connectivity index (χ1v) is 10.9. The summed E-state index contributed by atoms with van der Waals surface area (Å²) < 4.78 is 45.7. The van der Waals surface area contributed by atoms with E-state index in [1.54, 1.807) is 43.8 Å². The first-order chi connectivity index (χ1) is 16.3. The topological polar surface area (TPSA) is 89.3 Å². The summed E-state index contributed by atoms with van der Waals surface area (Å²) in [6, 6.07) is 7.53. The fraction of sp³-hybridized carbons (Fsp3) is 0.333. The minimum absolute atomic E-state index is 0.222. The summed E-state index contributed by atoms with van der Waals surface area (Å²) in [7, 11) is 0. The molecule has 0 aliphatic carbocycles. The zero-order valence-corrected chi connectivity index (χ0v) is 19.6. The molecular formula is C24H24F3N5O3. The number of ether oxygens (including phenoxy) is 1. The minimum atomic E-state index is -4.46. The molecule has 0 bridgehead atoms. The number of benzene rings is 1. The molecule has 3 heterocycles. The Morgan fingerprint density at radius 1 is 1.14 bits per heavy atom. The number of hydrogen-bond donors (Lipinski definition) is 1. The van der Waals surface area contributed by atoms with E-state index >= 15 is 0 Å². The molecule has 0 radical (unpaired) electrons. The zero-order chi connectivity index (χ0) is 25.5. The third-order valence-corrected chi connectivity index (χ3v) is 5.31. The maximum Gasteiger partial charge on any atom is 0.416 e. The van der Waals surface area contributed by atoms with Gasteiger partial charge in [0, 0.05) is 24.0 Å². The first kappa shape index (κ1) is 24.2. The molecule has 1 N–H and O–H groups in total. The normalized spacial score (nSPS) is 16.1. The van der Waals surface area contributed by atoms with E-state index < -0.39 is 29.3 Å². The van der Waals surface area contributed by atoms with E-state index in [-0.39, 0.29) is 24.1 Å². The summed E-state index contributed by atoms with van der Waals surface area (Å²) in [5.41, 5.74) is 0.270. The number of carbonyl (C=O) groups is 2. The Bertz CT molecular complexity index is 1260. The largest absolute Gasteiger partial charge is 0.444 e. The van der Waals surface area contributed by atoms with Crippen molar-refractivity contribution in [3.05, 3.63) is 60.0 Å². The van der Waals surface area contributed by atoms with Gasteiger partial charge in [0.1, 0.15) is 17.1 Å². The van der Waals surface area contributed by atoms with Crippen LogP contribution in [0.5, 0.6) is 0 Å². The number of nitrogens with one attached hydrogen (secondary N) is 1. The summed E-state index contributed by atoms with van der Waals surface area (Å²) in [6.45, 7) is 7.34. The molecule has 8 nitrogen and oxygen atoms in total. The van der Waals surface area contributed by atoms with Gasteiger partial charge in [-0.05, 0) is 69.7 Å². The lowest BCUT2D eigenvalue weighted by Crippen LogP contribution is -2.42. The maximum atomic E-state index is 13.5. The molecule has 0 saturated carbocycles. The number of pyridine rings is 1. The second kappa shape index (κ2) is 8.71. The van der Waals surface area contributed by atoms with Crippen LogP contribution >= 0.6 is 0 Å². The van der Waals surface area contributed by atoms with E-state index in [4.69, 9.17) is 4.74 Å². The van der Waals surface area contributed by atoms with Gasteiger partial charge in [0.2, 0.25) is 0 Å². The van der Waals surface area contributed by atoms with Gasteiger partial charge in [-0.2, -0.15) is 18.3 Å². The standard InChI is InChI=1S/C24H24F3N5O3/c1-14-13-31(17-7-5-16(6-8-17)24(25,26)27)21(33)20-18(12-29-32(14)20)15-9-10-28-19(11-15)30-22(34)35-23(2,3)4/h5-12,14H,13H2,1-4H3,(H,28,30,34)/t14-/m0/s1. The van der Waals surface area contributed by atoms with Gasteiger partial charge in [-0.3, -0.25) is 14.8 Å². The lowest BCUT2D eigenvalue weighted by Gasteiger charge is -2.32. The van der Waals surface area contributed by atoms with Gasteiger partial charge in [-0.25, -0.2) is 9.78 Å². The van der Waals surface area contributed by atoms with Crippen LogP contribution in [0.4, 0.5) is 29.5 Å². The third-order valence-electron chi connectivity index (χ3n) is 5.31. The molecule has 4 rings (SSSR count). The second-order valence-electron chi connectivity index (χ2n) is 9.22. The van der Waals surface area contributed by atoms with E-state index in [2.05, 4.69) is 15.4 Å². The first-order valence-electron chi connectivity index (χ1n) is 10.9. The molecule has 3 aromatic rings. The number of alkyl halides is 3. The summed E-state index contributed by atoms with van der Waals surface area (Å²) in [5, 5.41) is 6.93. The Kier molecular flexibility index (Phi) is 6.04. The number of nitrogens with zero attached hydrogens (tertiary/aromatic N) is 4. The molecule has 1 aliphatic rings. The SMILES string of the molecule is C[C@H]1CN(c2ccc(C(F)(F)F)cc2)C(=O)c2c(-c3ccnc(NC(=O)OC(C)(C)C)c3)cnn21. The molecule has 11 heteroatoms. The summed E-state index contributed by atoms with van der Waals surface area (Å²) in [6.07, 6.45) is -2.10. The van der Waals surface area contributed by atoms with Crippen LogP contribution in [0.1, 0.15) is 49.8 Å². The van der Waals surface area contributed by atoms with Crippen LogP contribution in [-0.2, 0) is 10.9 Å².